The molecular weight excluding hydrogens is 359 g/mol. The van der Waals surface area contributed by atoms with Gasteiger partial charge < -0.3 is 4.74 Å². The lowest BCUT2D eigenvalue weighted by Crippen LogP contribution is -2.42. The van der Waals surface area contributed by atoms with Crippen LogP contribution in [0.3, 0.4) is 0 Å². The third-order valence-corrected chi connectivity index (χ3v) is 5.57. The minimum atomic E-state index is -0.243. The van der Waals surface area contributed by atoms with Crippen molar-refractivity contribution in [2.45, 2.75) is 32.3 Å². The van der Waals surface area contributed by atoms with Crippen LogP contribution < -0.4 is 9.42 Å². The summed E-state index contributed by atoms with van der Waals surface area (Å²) in [7, 11) is 1.69. The fraction of sp³-hybridized carbons (Fsp3) is 0.273. The summed E-state index contributed by atoms with van der Waals surface area (Å²) in [5.74, 6) is 0.639. The third kappa shape index (κ3) is 3.98. The van der Waals surface area contributed by atoms with E-state index in [9.17, 15) is 4.39 Å². The molecule has 0 saturated carbocycles. The molecule has 1 aromatic heterocycles. The molecule has 3 rings (SSSR count). The number of methoxy groups -OCH3 is 1. The van der Waals surface area contributed by atoms with E-state index in [1.165, 1.54) is 23.3 Å². The number of benzene rings is 2. The average molecular weight is 384 g/mol. The molecule has 0 bridgehead atoms. The Bertz CT molecular complexity index is 971. The van der Waals surface area contributed by atoms with Gasteiger partial charge in [0.15, 0.2) is 0 Å². The SMILES string of the molecule is COc1ccc(C)c(C[n+]2nc(-c3ccc(F)cc3)c(C)cc2SC)c1C. The lowest BCUT2D eigenvalue weighted by Gasteiger charge is -2.12. The Labute approximate surface area is 164 Å². The van der Waals surface area contributed by atoms with Crippen LogP contribution in [-0.4, -0.2) is 18.5 Å². The van der Waals surface area contributed by atoms with E-state index in [1.807, 2.05) is 17.7 Å². The quantitative estimate of drug-likeness (QED) is 0.464. The van der Waals surface area contributed by atoms with Gasteiger partial charge in [0.1, 0.15) is 17.3 Å². The second-order valence-electron chi connectivity index (χ2n) is 6.57. The zero-order valence-corrected chi connectivity index (χ0v) is 17.2. The highest BCUT2D eigenvalue weighted by Crippen LogP contribution is 2.26. The predicted octanol–water partition coefficient (Wildman–Crippen LogP) is 4.88. The summed E-state index contributed by atoms with van der Waals surface area (Å²) in [6.07, 6.45) is 2.05. The molecule has 0 saturated heterocycles. The van der Waals surface area contributed by atoms with Crippen molar-refractivity contribution in [3.05, 3.63) is 70.5 Å². The van der Waals surface area contributed by atoms with E-state index >= 15 is 0 Å². The van der Waals surface area contributed by atoms with Crippen LogP contribution in [0.25, 0.3) is 11.3 Å². The first-order valence-electron chi connectivity index (χ1n) is 8.79. The van der Waals surface area contributed by atoms with Gasteiger partial charge in [-0.1, -0.05) is 22.5 Å². The van der Waals surface area contributed by atoms with Crippen LogP contribution in [0.4, 0.5) is 4.39 Å². The van der Waals surface area contributed by atoms with Gasteiger partial charge in [-0.25, -0.2) is 4.39 Å². The number of halogens is 1. The Morgan fingerprint density at radius 2 is 1.74 bits per heavy atom. The number of hydrogen-bond donors (Lipinski definition) is 0. The number of rotatable bonds is 5. The molecule has 0 amide bonds. The second kappa shape index (κ2) is 8.09. The van der Waals surface area contributed by atoms with Crippen LogP contribution >= 0.6 is 11.8 Å². The van der Waals surface area contributed by atoms with E-state index in [-0.39, 0.29) is 5.82 Å². The van der Waals surface area contributed by atoms with Crippen LogP contribution in [0.5, 0.6) is 5.75 Å². The van der Waals surface area contributed by atoms with E-state index < -0.39 is 0 Å². The molecule has 0 spiro atoms. The van der Waals surface area contributed by atoms with Crippen LogP contribution in [0, 0.1) is 26.6 Å². The van der Waals surface area contributed by atoms with Crippen LogP contribution in [0.15, 0.2) is 47.5 Å². The van der Waals surface area contributed by atoms with Crippen LogP contribution in [0.1, 0.15) is 22.3 Å². The van der Waals surface area contributed by atoms with E-state index in [0.29, 0.717) is 6.54 Å². The topological polar surface area (TPSA) is 26.0 Å². The fourth-order valence-corrected chi connectivity index (χ4v) is 3.84. The molecule has 27 heavy (non-hydrogen) atoms. The highest BCUT2D eigenvalue weighted by Gasteiger charge is 2.21. The van der Waals surface area contributed by atoms with Gasteiger partial charge in [-0.05, 0) is 68.5 Å². The predicted molar refractivity (Wildman–Crippen MR) is 108 cm³/mol. The monoisotopic (exact) mass is 383 g/mol. The van der Waals surface area contributed by atoms with Crippen molar-refractivity contribution < 1.29 is 13.8 Å². The molecule has 0 fully saturated rings. The van der Waals surface area contributed by atoms with Crippen molar-refractivity contribution in [2.75, 3.05) is 13.4 Å². The molecule has 2 aromatic carbocycles. The van der Waals surface area contributed by atoms with Crippen molar-refractivity contribution in [3.8, 4) is 17.0 Å². The lowest BCUT2D eigenvalue weighted by molar-refractivity contribution is -0.779. The van der Waals surface area contributed by atoms with Gasteiger partial charge in [-0.2, -0.15) is 0 Å². The largest absolute Gasteiger partial charge is 0.496 e. The minimum Gasteiger partial charge on any atom is -0.496 e. The molecule has 0 aliphatic carbocycles. The molecule has 0 atom stereocenters. The van der Waals surface area contributed by atoms with E-state index in [2.05, 4.69) is 32.2 Å². The number of aromatic nitrogens is 2. The zero-order valence-electron chi connectivity index (χ0n) is 16.3. The molecular formula is C22H24FN2OS+. The van der Waals surface area contributed by atoms with E-state index in [0.717, 1.165) is 33.2 Å². The second-order valence-corrected chi connectivity index (χ2v) is 7.40. The van der Waals surface area contributed by atoms with Gasteiger partial charge in [0.2, 0.25) is 6.54 Å². The van der Waals surface area contributed by atoms with Crippen LogP contribution in [-0.2, 0) is 6.54 Å². The van der Waals surface area contributed by atoms with Crippen molar-refractivity contribution in [3.63, 3.8) is 0 Å². The molecule has 3 nitrogen and oxygen atoms in total. The Morgan fingerprint density at radius 1 is 1.04 bits per heavy atom. The van der Waals surface area contributed by atoms with Gasteiger partial charge in [-0.3, -0.25) is 0 Å². The first-order chi connectivity index (χ1) is 12.9. The van der Waals surface area contributed by atoms with Gasteiger partial charge in [0.25, 0.3) is 5.03 Å². The van der Waals surface area contributed by atoms with E-state index in [1.54, 1.807) is 31.0 Å². The molecule has 5 heteroatoms. The summed E-state index contributed by atoms with van der Waals surface area (Å²) in [6.45, 7) is 6.88. The van der Waals surface area contributed by atoms with Gasteiger partial charge in [0.05, 0.1) is 7.11 Å². The Morgan fingerprint density at radius 3 is 2.37 bits per heavy atom. The summed E-state index contributed by atoms with van der Waals surface area (Å²) in [6, 6.07) is 12.7. The van der Waals surface area contributed by atoms with Crippen molar-refractivity contribution in [2.24, 2.45) is 0 Å². The van der Waals surface area contributed by atoms with Gasteiger partial charge >= 0.3 is 0 Å². The normalized spacial score (nSPS) is 10.9. The first-order valence-corrected chi connectivity index (χ1v) is 10.0. The van der Waals surface area contributed by atoms with Crippen LogP contribution in [0.2, 0.25) is 0 Å². The average Bonchev–Trinajstić information content (AvgIpc) is 2.66. The Balaban J connectivity index is 2.10. The fourth-order valence-electron chi connectivity index (χ4n) is 3.23. The molecule has 0 N–H and O–H groups in total. The summed E-state index contributed by atoms with van der Waals surface area (Å²) >= 11 is 1.67. The number of nitrogens with zero attached hydrogens (tertiary/aromatic N) is 2. The number of thioether (sulfide) groups is 1. The maximum Gasteiger partial charge on any atom is 0.266 e. The molecule has 1 heterocycles. The summed E-state index contributed by atoms with van der Waals surface area (Å²) in [5.41, 5.74) is 6.39. The lowest BCUT2D eigenvalue weighted by atomic mass is 10.0. The molecule has 0 aliphatic heterocycles. The first kappa shape index (κ1) is 19.4. The Kier molecular flexibility index (Phi) is 5.80. The van der Waals surface area contributed by atoms with E-state index in [4.69, 9.17) is 9.84 Å². The summed E-state index contributed by atoms with van der Waals surface area (Å²) in [4.78, 5) is 0. The standard InChI is InChI=1S/C22H24FN2OS/c1-14-6-11-20(26-4)16(3)19(14)13-25-21(27-5)12-15(2)22(24-25)17-7-9-18(23)10-8-17/h6-12H,13H2,1-5H3/q+1. The maximum absolute atomic E-state index is 13.3. The zero-order chi connectivity index (χ0) is 19.6. The van der Waals surface area contributed by atoms with Gasteiger partial charge in [-0.15, -0.1) is 0 Å². The molecule has 3 aromatic rings. The molecule has 0 unspecified atom stereocenters. The van der Waals surface area contributed by atoms with Gasteiger partial charge in [0, 0.05) is 27.9 Å². The van der Waals surface area contributed by atoms with Crippen molar-refractivity contribution in [1.82, 2.24) is 5.10 Å². The number of aryl methyl sites for hydroxylation is 2. The highest BCUT2D eigenvalue weighted by atomic mass is 32.2. The molecule has 0 radical (unpaired) electrons. The maximum atomic E-state index is 13.3. The number of hydrogen-bond acceptors (Lipinski definition) is 3. The Hall–Kier alpha value is -2.40. The number of ether oxygens (including phenoxy) is 1. The summed E-state index contributed by atoms with van der Waals surface area (Å²) in [5, 5.41) is 5.99. The third-order valence-electron chi connectivity index (χ3n) is 4.83. The minimum absolute atomic E-state index is 0.243. The highest BCUT2D eigenvalue weighted by molar-refractivity contribution is 7.98. The molecule has 0 aliphatic rings. The smallest absolute Gasteiger partial charge is 0.266 e. The van der Waals surface area contributed by atoms with Crippen molar-refractivity contribution in [1.29, 1.82) is 0 Å². The van der Waals surface area contributed by atoms with Crippen molar-refractivity contribution >= 4 is 11.8 Å². The molecule has 140 valence electrons. The summed E-state index contributed by atoms with van der Waals surface area (Å²) < 4.78 is 20.8.